The van der Waals surface area contributed by atoms with Gasteiger partial charge in [-0.1, -0.05) is 23.4 Å². The minimum atomic E-state index is -0.253. The molecule has 1 N–H and O–H groups in total. The summed E-state index contributed by atoms with van der Waals surface area (Å²) in [6.07, 6.45) is 1.62. The highest BCUT2D eigenvalue weighted by Crippen LogP contribution is 2.40. The first-order valence-corrected chi connectivity index (χ1v) is 10.0. The number of hydrogen-bond acceptors (Lipinski definition) is 5. The maximum absolute atomic E-state index is 12.9. The van der Waals surface area contributed by atoms with E-state index in [1.54, 1.807) is 24.3 Å². The van der Waals surface area contributed by atoms with Crippen LogP contribution >= 0.6 is 11.6 Å². The Bertz CT molecular complexity index is 997. The molecule has 29 heavy (non-hydrogen) atoms. The van der Waals surface area contributed by atoms with Gasteiger partial charge in [-0.05, 0) is 38.1 Å². The molecular formula is C22H22ClNO5. The summed E-state index contributed by atoms with van der Waals surface area (Å²) in [4.78, 5) is 14.2. The lowest BCUT2D eigenvalue weighted by molar-refractivity contribution is -0.910. The summed E-state index contributed by atoms with van der Waals surface area (Å²) in [7, 11) is 0. The molecule has 0 aliphatic carbocycles. The summed E-state index contributed by atoms with van der Waals surface area (Å²) >= 11 is 6.22. The van der Waals surface area contributed by atoms with Crippen LogP contribution in [-0.4, -0.2) is 25.7 Å². The Morgan fingerprint density at radius 1 is 1.21 bits per heavy atom. The number of quaternary nitrogens is 1. The first kappa shape index (κ1) is 19.8. The second-order valence-corrected chi connectivity index (χ2v) is 7.52. The van der Waals surface area contributed by atoms with Crippen LogP contribution in [0.25, 0.3) is 6.08 Å². The molecule has 4 rings (SSSR count). The fraction of sp³-hybridized carbons (Fsp3) is 0.318. The van der Waals surface area contributed by atoms with Gasteiger partial charge in [0.15, 0.2) is 12.6 Å². The van der Waals surface area contributed by atoms with Gasteiger partial charge in [-0.3, -0.25) is 4.79 Å². The molecule has 7 heteroatoms. The van der Waals surface area contributed by atoms with Crippen molar-refractivity contribution in [3.8, 4) is 17.2 Å². The number of carbonyl (C=O) groups is 1. The predicted octanol–water partition coefficient (Wildman–Crippen LogP) is 2.32. The third-order valence-electron chi connectivity index (χ3n) is 5.31. The molecule has 0 aromatic heterocycles. The van der Waals surface area contributed by atoms with E-state index in [0.29, 0.717) is 46.4 Å². The van der Waals surface area contributed by atoms with Crippen molar-refractivity contribution in [1.82, 2.24) is 0 Å². The quantitative estimate of drug-likeness (QED) is 0.759. The van der Waals surface area contributed by atoms with Gasteiger partial charge in [0.05, 0.1) is 25.3 Å². The Hall–Kier alpha value is -2.54. The third kappa shape index (κ3) is 3.71. The molecule has 2 aliphatic rings. The smallest absolute Gasteiger partial charge is 0.231 e. The van der Waals surface area contributed by atoms with Gasteiger partial charge in [0.2, 0.25) is 5.78 Å². The zero-order valence-corrected chi connectivity index (χ0v) is 17.1. The van der Waals surface area contributed by atoms with Gasteiger partial charge in [-0.25, -0.2) is 0 Å². The lowest BCUT2D eigenvalue weighted by Gasteiger charge is -2.21. The van der Waals surface area contributed by atoms with Crippen molar-refractivity contribution in [2.24, 2.45) is 0 Å². The highest BCUT2D eigenvalue weighted by atomic mass is 35.5. The van der Waals surface area contributed by atoms with Gasteiger partial charge in [0.25, 0.3) is 0 Å². The number of nitrogens with one attached hydrogen (secondary N) is 1. The number of rotatable bonds is 5. The fourth-order valence-electron chi connectivity index (χ4n) is 3.66. The third-order valence-corrected chi connectivity index (χ3v) is 5.53. The fourth-order valence-corrected chi connectivity index (χ4v) is 3.91. The van der Waals surface area contributed by atoms with Crippen molar-refractivity contribution < 1.29 is 29.0 Å². The summed E-state index contributed by atoms with van der Waals surface area (Å²) in [5, 5.41) is 13.0. The van der Waals surface area contributed by atoms with Crippen molar-refractivity contribution in [3.05, 3.63) is 57.3 Å². The molecule has 0 bridgehead atoms. The highest BCUT2D eigenvalue weighted by molar-refractivity contribution is 6.31. The van der Waals surface area contributed by atoms with E-state index < -0.39 is 0 Å². The number of hydrogen-bond donors (Lipinski definition) is 1. The highest BCUT2D eigenvalue weighted by Gasteiger charge is 2.31. The molecule has 0 saturated carbocycles. The number of Topliss-reactive ketones (excluding diaryl/α,β-unsaturated/α-hetero) is 1. The lowest BCUT2D eigenvalue weighted by atomic mass is 10.0. The Morgan fingerprint density at radius 2 is 2.00 bits per heavy atom. The molecule has 0 radical (unpaired) electrons. The molecule has 2 aromatic carbocycles. The van der Waals surface area contributed by atoms with Crippen LogP contribution < -0.4 is 19.5 Å². The second kappa shape index (κ2) is 8.06. The Kier molecular flexibility index (Phi) is 5.50. The number of ether oxygens (including phenoxy) is 3. The van der Waals surface area contributed by atoms with Crippen molar-refractivity contribution in [2.75, 3.05) is 19.9 Å². The van der Waals surface area contributed by atoms with Gasteiger partial charge < -0.3 is 24.2 Å². The van der Waals surface area contributed by atoms with Crippen molar-refractivity contribution in [1.29, 1.82) is 0 Å². The molecule has 6 nitrogen and oxygen atoms in total. The molecule has 0 fully saturated rings. The summed E-state index contributed by atoms with van der Waals surface area (Å²) in [5.74, 6) is 0.779. The van der Waals surface area contributed by atoms with Crippen molar-refractivity contribution in [3.63, 3.8) is 0 Å². The lowest BCUT2D eigenvalue weighted by Crippen LogP contribution is -3.10. The van der Waals surface area contributed by atoms with Crippen LogP contribution in [0, 0.1) is 0 Å². The van der Waals surface area contributed by atoms with E-state index >= 15 is 0 Å². The molecule has 0 unspecified atom stereocenters. The van der Waals surface area contributed by atoms with Gasteiger partial charge in [0.1, 0.15) is 18.0 Å². The molecule has 152 valence electrons. The molecular weight excluding hydrogens is 394 g/mol. The SMILES string of the molecule is CC[NH+](CC)Cc1c([O-])ccc2c1O/C(=C\c1cc(Cl)cc3c1OCOC3)C2=O. The Labute approximate surface area is 174 Å². The van der Waals surface area contributed by atoms with Gasteiger partial charge in [-0.15, -0.1) is 0 Å². The zero-order valence-electron chi connectivity index (χ0n) is 16.3. The average molecular weight is 416 g/mol. The predicted molar refractivity (Wildman–Crippen MR) is 106 cm³/mol. The topological polar surface area (TPSA) is 72.3 Å². The van der Waals surface area contributed by atoms with E-state index in [9.17, 15) is 9.90 Å². The maximum Gasteiger partial charge on any atom is 0.231 e. The Morgan fingerprint density at radius 3 is 2.76 bits per heavy atom. The van der Waals surface area contributed by atoms with E-state index in [4.69, 9.17) is 25.8 Å². The van der Waals surface area contributed by atoms with Gasteiger partial charge >= 0.3 is 0 Å². The van der Waals surface area contributed by atoms with Crippen LogP contribution in [0.2, 0.25) is 5.02 Å². The average Bonchev–Trinajstić information content (AvgIpc) is 3.03. The molecule has 0 amide bonds. The number of benzene rings is 2. The first-order chi connectivity index (χ1) is 14.0. The summed E-state index contributed by atoms with van der Waals surface area (Å²) in [6.45, 7) is 6.93. The number of ketones is 1. The van der Waals surface area contributed by atoms with E-state index in [0.717, 1.165) is 18.7 Å². The van der Waals surface area contributed by atoms with Crippen molar-refractivity contribution >= 4 is 23.5 Å². The molecule has 2 aliphatic heterocycles. The standard InChI is InChI=1S/C22H22ClNO5/c1-3-24(4-2)10-17-18(25)6-5-16-20(26)19(29-22(16)17)9-13-7-15(23)8-14-11-27-12-28-21(13)14/h5-9,25H,3-4,10-12H2,1-2H3/b19-9-. The largest absolute Gasteiger partial charge is 0.872 e. The van der Waals surface area contributed by atoms with E-state index in [1.807, 2.05) is 0 Å². The molecule has 0 atom stereocenters. The first-order valence-electron chi connectivity index (χ1n) is 9.65. The van der Waals surface area contributed by atoms with Crippen LogP contribution in [0.5, 0.6) is 17.2 Å². The summed E-state index contributed by atoms with van der Waals surface area (Å²) in [5.41, 5.74) is 2.41. The van der Waals surface area contributed by atoms with Crippen molar-refractivity contribution in [2.45, 2.75) is 27.0 Å². The number of allylic oxidation sites excluding steroid dienone is 1. The van der Waals surface area contributed by atoms with E-state index in [1.165, 1.54) is 11.0 Å². The summed E-state index contributed by atoms with van der Waals surface area (Å²) < 4.78 is 16.8. The summed E-state index contributed by atoms with van der Waals surface area (Å²) in [6, 6.07) is 6.49. The molecule has 2 aromatic rings. The van der Waals surface area contributed by atoms with Gasteiger partial charge in [-0.2, -0.15) is 0 Å². The van der Waals surface area contributed by atoms with Crippen LogP contribution in [0.15, 0.2) is 30.0 Å². The monoisotopic (exact) mass is 415 g/mol. The Balaban J connectivity index is 1.73. The van der Waals surface area contributed by atoms with Crippen LogP contribution in [0.1, 0.15) is 40.9 Å². The molecule has 0 saturated heterocycles. The van der Waals surface area contributed by atoms with E-state index in [-0.39, 0.29) is 24.1 Å². The number of fused-ring (bicyclic) bond motifs is 2. The second-order valence-electron chi connectivity index (χ2n) is 7.09. The molecule has 2 heterocycles. The van der Waals surface area contributed by atoms with Crippen LogP contribution in [-0.2, 0) is 17.9 Å². The maximum atomic E-state index is 12.9. The van der Waals surface area contributed by atoms with Crippen LogP contribution in [0.3, 0.4) is 0 Å². The number of halogens is 1. The molecule has 0 spiro atoms. The van der Waals surface area contributed by atoms with Crippen LogP contribution in [0.4, 0.5) is 0 Å². The van der Waals surface area contributed by atoms with E-state index in [2.05, 4.69) is 13.8 Å². The number of carbonyl (C=O) groups excluding carboxylic acids is 1. The minimum absolute atomic E-state index is 0.113. The minimum Gasteiger partial charge on any atom is -0.872 e. The van der Waals surface area contributed by atoms with Gasteiger partial charge in [0, 0.05) is 21.7 Å². The normalized spacial score (nSPS) is 16.6. The zero-order chi connectivity index (χ0) is 20.5.